The summed E-state index contributed by atoms with van der Waals surface area (Å²) < 4.78 is 5.50. The van der Waals surface area contributed by atoms with E-state index in [1.54, 1.807) is 6.07 Å². The van der Waals surface area contributed by atoms with E-state index in [1.165, 1.54) is 0 Å². The summed E-state index contributed by atoms with van der Waals surface area (Å²) in [5.74, 6) is -0.708. The van der Waals surface area contributed by atoms with Gasteiger partial charge in [0.25, 0.3) is 5.91 Å². The van der Waals surface area contributed by atoms with Crippen LogP contribution in [0.2, 0.25) is 0 Å². The van der Waals surface area contributed by atoms with Gasteiger partial charge in [0.1, 0.15) is 5.58 Å². The summed E-state index contributed by atoms with van der Waals surface area (Å²) in [5.41, 5.74) is 1.82. The van der Waals surface area contributed by atoms with E-state index in [9.17, 15) is 9.59 Å². The first kappa shape index (κ1) is 15.1. The lowest BCUT2D eigenvalue weighted by Gasteiger charge is -2.02. The molecule has 1 aromatic heterocycles. The molecule has 2 N–H and O–H groups in total. The van der Waals surface area contributed by atoms with Gasteiger partial charge in [-0.05, 0) is 38.0 Å². The van der Waals surface area contributed by atoms with Crippen molar-refractivity contribution in [3.8, 4) is 0 Å². The number of furan rings is 1. The molecule has 0 aliphatic heterocycles. The molecule has 0 saturated carbocycles. The van der Waals surface area contributed by atoms with Crippen molar-refractivity contribution in [2.75, 3.05) is 6.54 Å². The van der Waals surface area contributed by atoms with E-state index in [1.807, 2.05) is 25.1 Å². The van der Waals surface area contributed by atoms with Gasteiger partial charge in [0.05, 0.1) is 0 Å². The Bertz CT molecular complexity index is 645. The zero-order valence-corrected chi connectivity index (χ0v) is 12.0. The molecule has 0 aliphatic carbocycles. The first-order valence-corrected chi connectivity index (χ1v) is 7.06. The number of hydrogen-bond donors (Lipinski definition) is 2. The highest BCUT2D eigenvalue weighted by Crippen LogP contribution is 2.20. The molecule has 5 nitrogen and oxygen atoms in total. The lowest BCUT2D eigenvalue weighted by molar-refractivity contribution is -0.137. The molecule has 0 unspecified atom stereocenters. The fourth-order valence-electron chi connectivity index (χ4n) is 2.14. The minimum atomic E-state index is -0.781. The molecule has 0 bridgehead atoms. The van der Waals surface area contributed by atoms with Crippen molar-refractivity contribution in [2.45, 2.75) is 32.6 Å². The molecule has 5 heteroatoms. The van der Waals surface area contributed by atoms with Gasteiger partial charge < -0.3 is 14.8 Å². The Hall–Kier alpha value is -2.30. The van der Waals surface area contributed by atoms with Gasteiger partial charge in [-0.25, -0.2) is 0 Å². The first-order chi connectivity index (χ1) is 10.1. The fourth-order valence-corrected chi connectivity index (χ4v) is 2.14. The average molecular weight is 289 g/mol. The zero-order chi connectivity index (χ0) is 15.2. The average Bonchev–Trinajstić information content (AvgIpc) is 2.85. The third-order valence-corrected chi connectivity index (χ3v) is 3.25. The van der Waals surface area contributed by atoms with Gasteiger partial charge in [-0.1, -0.05) is 18.1 Å². The fraction of sp³-hybridized carbons (Fsp3) is 0.375. The van der Waals surface area contributed by atoms with Gasteiger partial charge in [-0.15, -0.1) is 0 Å². The van der Waals surface area contributed by atoms with Crippen LogP contribution in [0.1, 0.15) is 41.8 Å². The molecule has 1 amide bonds. The Labute approximate surface area is 122 Å². The van der Waals surface area contributed by atoms with Gasteiger partial charge in [0.2, 0.25) is 0 Å². The van der Waals surface area contributed by atoms with E-state index in [0.29, 0.717) is 24.3 Å². The highest BCUT2D eigenvalue weighted by Gasteiger charge is 2.11. The number of benzene rings is 1. The van der Waals surface area contributed by atoms with Crippen LogP contribution in [-0.2, 0) is 4.79 Å². The van der Waals surface area contributed by atoms with Crippen molar-refractivity contribution in [3.05, 3.63) is 35.6 Å². The first-order valence-electron chi connectivity index (χ1n) is 7.06. The van der Waals surface area contributed by atoms with Crippen LogP contribution >= 0.6 is 0 Å². The quantitative estimate of drug-likeness (QED) is 0.767. The number of fused-ring (bicyclic) bond motifs is 1. The Morgan fingerprint density at radius 2 is 2.00 bits per heavy atom. The summed E-state index contributed by atoms with van der Waals surface area (Å²) in [6, 6.07) is 7.51. The molecule has 0 saturated heterocycles. The van der Waals surface area contributed by atoms with E-state index >= 15 is 0 Å². The molecule has 2 aromatic rings. The second kappa shape index (κ2) is 6.92. The maximum atomic E-state index is 11.9. The highest BCUT2D eigenvalue weighted by atomic mass is 16.4. The van der Waals surface area contributed by atoms with E-state index in [4.69, 9.17) is 9.52 Å². The summed E-state index contributed by atoms with van der Waals surface area (Å²) in [5, 5.41) is 12.2. The third kappa shape index (κ3) is 4.34. The molecule has 0 spiro atoms. The number of hydrogen-bond acceptors (Lipinski definition) is 3. The van der Waals surface area contributed by atoms with Gasteiger partial charge >= 0.3 is 5.97 Å². The Kier molecular flexibility index (Phi) is 4.98. The normalized spacial score (nSPS) is 10.7. The maximum absolute atomic E-state index is 11.9. The second-order valence-electron chi connectivity index (χ2n) is 5.11. The summed E-state index contributed by atoms with van der Waals surface area (Å²) in [4.78, 5) is 22.3. The number of nitrogens with one attached hydrogen (secondary N) is 1. The van der Waals surface area contributed by atoms with Gasteiger partial charge in [0, 0.05) is 18.4 Å². The molecule has 2 rings (SSSR count). The Morgan fingerprint density at radius 3 is 2.76 bits per heavy atom. The molecular formula is C16H19NO4. The van der Waals surface area contributed by atoms with Crippen LogP contribution in [0.15, 0.2) is 28.7 Å². The van der Waals surface area contributed by atoms with Crippen LogP contribution in [0.4, 0.5) is 0 Å². The molecule has 21 heavy (non-hydrogen) atoms. The number of carboxylic acid groups (broad SMARTS) is 1. The van der Waals surface area contributed by atoms with Crippen LogP contribution in [0.25, 0.3) is 11.0 Å². The smallest absolute Gasteiger partial charge is 0.303 e. The summed E-state index contributed by atoms with van der Waals surface area (Å²) in [6.07, 6.45) is 2.36. The standard InChI is InChI=1S/C16H19NO4/c1-11-6-7-13-12(9-11)10-14(21-13)16(20)17-8-4-2-3-5-15(18)19/h6-7,9-10H,2-5,8H2,1H3,(H,17,20)(H,18,19). The zero-order valence-electron chi connectivity index (χ0n) is 12.0. The van der Waals surface area contributed by atoms with Crippen LogP contribution in [-0.4, -0.2) is 23.5 Å². The largest absolute Gasteiger partial charge is 0.481 e. The van der Waals surface area contributed by atoms with Gasteiger partial charge in [-0.3, -0.25) is 9.59 Å². The van der Waals surface area contributed by atoms with Crippen LogP contribution in [0.5, 0.6) is 0 Å². The van der Waals surface area contributed by atoms with Crippen molar-refractivity contribution >= 4 is 22.8 Å². The molecule has 1 aromatic carbocycles. The minimum absolute atomic E-state index is 0.177. The summed E-state index contributed by atoms with van der Waals surface area (Å²) >= 11 is 0. The summed E-state index contributed by atoms with van der Waals surface area (Å²) in [7, 11) is 0. The highest BCUT2D eigenvalue weighted by molar-refractivity contribution is 5.96. The Morgan fingerprint density at radius 1 is 1.19 bits per heavy atom. The second-order valence-corrected chi connectivity index (χ2v) is 5.11. The number of unbranched alkanes of at least 4 members (excludes halogenated alkanes) is 2. The number of rotatable bonds is 7. The molecular weight excluding hydrogens is 270 g/mol. The monoisotopic (exact) mass is 289 g/mol. The van der Waals surface area contributed by atoms with Crippen molar-refractivity contribution < 1.29 is 19.1 Å². The Balaban J connectivity index is 1.81. The predicted octanol–water partition coefficient (Wildman–Crippen LogP) is 3.12. The number of aryl methyl sites for hydroxylation is 1. The topological polar surface area (TPSA) is 79.5 Å². The SMILES string of the molecule is Cc1ccc2oc(C(=O)NCCCCCC(=O)O)cc2c1. The number of carbonyl (C=O) groups is 2. The lowest BCUT2D eigenvalue weighted by atomic mass is 10.2. The number of carboxylic acids is 1. The van der Waals surface area contributed by atoms with Crippen LogP contribution < -0.4 is 5.32 Å². The number of amides is 1. The van der Waals surface area contributed by atoms with Crippen LogP contribution in [0, 0.1) is 6.92 Å². The van der Waals surface area contributed by atoms with E-state index in [2.05, 4.69) is 5.32 Å². The third-order valence-electron chi connectivity index (χ3n) is 3.25. The van der Waals surface area contributed by atoms with Crippen LogP contribution in [0.3, 0.4) is 0 Å². The van der Waals surface area contributed by atoms with Crippen molar-refractivity contribution in [2.24, 2.45) is 0 Å². The molecule has 112 valence electrons. The van der Waals surface area contributed by atoms with Crippen molar-refractivity contribution in [1.82, 2.24) is 5.32 Å². The predicted molar refractivity (Wildman–Crippen MR) is 79.4 cm³/mol. The molecule has 0 atom stereocenters. The van der Waals surface area contributed by atoms with E-state index in [-0.39, 0.29) is 12.3 Å². The van der Waals surface area contributed by atoms with Gasteiger partial charge in [-0.2, -0.15) is 0 Å². The minimum Gasteiger partial charge on any atom is -0.481 e. The molecule has 0 fully saturated rings. The maximum Gasteiger partial charge on any atom is 0.303 e. The van der Waals surface area contributed by atoms with E-state index < -0.39 is 5.97 Å². The number of carbonyl (C=O) groups excluding carboxylic acids is 1. The lowest BCUT2D eigenvalue weighted by Crippen LogP contribution is -2.23. The van der Waals surface area contributed by atoms with Gasteiger partial charge in [0.15, 0.2) is 5.76 Å². The molecule has 0 radical (unpaired) electrons. The van der Waals surface area contributed by atoms with Crippen molar-refractivity contribution in [3.63, 3.8) is 0 Å². The number of aliphatic carboxylic acids is 1. The van der Waals surface area contributed by atoms with E-state index in [0.717, 1.165) is 23.8 Å². The molecule has 0 aliphatic rings. The molecule has 1 heterocycles. The summed E-state index contributed by atoms with van der Waals surface area (Å²) in [6.45, 7) is 2.51. The van der Waals surface area contributed by atoms with Crippen molar-refractivity contribution in [1.29, 1.82) is 0 Å².